The van der Waals surface area contributed by atoms with E-state index in [1.54, 1.807) is 12.1 Å². The highest BCUT2D eigenvalue weighted by Crippen LogP contribution is 2.22. The number of carbonyl (C=O) groups is 1. The second-order valence-electron chi connectivity index (χ2n) is 5.94. The fourth-order valence-corrected chi connectivity index (χ4v) is 3.06. The van der Waals surface area contributed by atoms with Crippen LogP contribution in [0.3, 0.4) is 0 Å². The Morgan fingerprint density at radius 2 is 2.14 bits per heavy atom. The minimum absolute atomic E-state index is 0.0610. The molecule has 0 aromatic heterocycles. The lowest BCUT2D eigenvalue weighted by molar-refractivity contribution is -0.0457. The van der Waals surface area contributed by atoms with E-state index in [1.807, 2.05) is 0 Å². The van der Waals surface area contributed by atoms with Crippen molar-refractivity contribution in [2.75, 3.05) is 26.2 Å². The van der Waals surface area contributed by atoms with Crippen molar-refractivity contribution in [2.45, 2.75) is 31.5 Å². The van der Waals surface area contributed by atoms with Crippen molar-refractivity contribution in [1.82, 2.24) is 15.5 Å². The summed E-state index contributed by atoms with van der Waals surface area (Å²) in [7, 11) is 0. The molecule has 0 unspecified atom stereocenters. The molecule has 2 fully saturated rings. The first-order valence-corrected chi connectivity index (χ1v) is 7.82. The van der Waals surface area contributed by atoms with Gasteiger partial charge in [0.2, 0.25) is 0 Å². The number of hydrogen-bond donors (Lipinski definition) is 2. The number of amides is 2. The van der Waals surface area contributed by atoms with Gasteiger partial charge in [-0.15, -0.1) is 0 Å². The average molecular weight is 307 g/mol. The molecule has 3 rings (SSSR count). The molecule has 2 atom stereocenters. The van der Waals surface area contributed by atoms with Crippen molar-refractivity contribution >= 4 is 6.03 Å². The van der Waals surface area contributed by atoms with Crippen LogP contribution in [0.4, 0.5) is 9.18 Å². The standard InChI is InChI=1S/C16H22FN3O2/c17-13-5-3-12(4-6-13)8-18-16(21)19-9-15-10-20-7-1-2-14(20)11-22-15/h3-6,14-15H,1-2,7-11H2,(H2,18,19,21)/t14-,15+/m0/s1. The van der Waals surface area contributed by atoms with Crippen LogP contribution in [-0.2, 0) is 11.3 Å². The van der Waals surface area contributed by atoms with Gasteiger partial charge >= 0.3 is 6.03 Å². The fraction of sp³-hybridized carbons (Fsp3) is 0.562. The summed E-state index contributed by atoms with van der Waals surface area (Å²) in [4.78, 5) is 14.2. The summed E-state index contributed by atoms with van der Waals surface area (Å²) in [6.07, 6.45) is 2.52. The van der Waals surface area contributed by atoms with Gasteiger partial charge in [-0.1, -0.05) is 12.1 Å². The molecule has 2 N–H and O–H groups in total. The molecule has 2 aliphatic heterocycles. The molecule has 120 valence electrons. The van der Waals surface area contributed by atoms with Gasteiger partial charge in [0, 0.05) is 25.7 Å². The highest BCUT2D eigenvalue weighted by Gasteiger charge is 2.32. The number of benzene rings is 1. The number of fused-ring (bicyclic) bond motifs is 1. The second-order valence-corrected chi connectivity index (χ2v) is 5.94. The van der Waals surface area contributed by atoms with Crippen LogP contribution >= 0.6 is 0 Å². The van der Waals surface area contributed by atoms with E-state index >= 15 is 0 Å². The molecule has 6 heteroatoms. The smallest absolute Gasteiger partial charge is 0.315 e. The Morgan fingerprint density at radius 3 is 2.95 bits per heavy atom. The van der Waals surface area contributed by atoms with Gasteiger partial charge < -0.3 is 15.4 Å². The minimum Gasteiger partial charge on any atom is -0.373 e. The number of morpholine rings is 1. The zero-order valence-electron chi connectivity index (χ0n) is 12.6. The molecule has 22 heavy (non-hydrogen) atoms. The molecule has 0 spiro atoms. The van der Waals surface area contributed by atoms with Crippen molar-refractivity contribution in [3.8, 4) is 0 Å². The van der Waals surface area contributed by atoms with Crippen LogP contribution in [0.5, 0.6) is 0 Å². The predicted octanol–water partition coefficient (Wildman–Crippen LogP) is 1.49. The van der Waals surface area contributed by atoms with E-state index in [0.717, 1.165) is 25.3 Å². The van der Waals surface area contributed by atoms with Gasteiger partial charge in [-0.2, -0.15) is 0 Å². The van der Waals surface area contributed by atoms with E-state index in [2.05, 4.69) is 15.5 Å². The molecule has 1 aromatic rings. The summed E-state index contributed by atoms with van der Waals surface area (Å²) in [5.41, 5.74) is 0.866. The molecular weight excluding hydrogens is 285 g/mol. The first-order valence-electron chi connectivity index (χ1n) is 7.82. The monoisotopic (exact) mass is 307 g/mol. The van der Waals surface area contributed by atoms with Gasteiger partial charge in [-0.3, -0.25) is 4.90 Å². The van der Waals surface area contributed by atoms with Crippen LogP contribution in [0.2, 0.25) is 0 Å². The Hall–Kier alpha value is -1.66. The van der Waals surface area contributed by atoms with Crippen LogP contribution in [-0.4, -0.2) is 49.3 Å². The van der Waals surface area contributed by atoms with Gasteiger partial charge in [0.05, 0.1) is 12.7 Å². The van der Waals surface area contributed by atoms with Crippen LogP contribution in [0.15, 0.2) is 24.3 Å². The maximum absolute atomic E-state index is 12.8. The lowest BCUT2D eigenvalue weighted by Gasteiger charge is -2.35. The lowest BCUT2D eigenvalue weighted by Crippen LogP contribution is -2.51. The molecule has 0 radical (unpaired) electrons. The third-order valence-corrected chi connectivity index (χ3v) is 4.32. The van der Waals surface area contributed by atoms with Gasteiger partial charge in [0.25, 0.3) is 0 Å². The van der Waals surface area contributed by atoms with Gasteiger partial charge in [-0.05, 0) is 37.1 Å². The number of nitrogens with one attached hydrogen (secondary N) is 2. The molecule has 2 aliphatic rings. The maximum Gasteiger partial charge on any atom is 0.315 e. The highest BCUT2D eigenvalue weighted by molar-refractivity contribution is 5.73. The number of urea groups is 1. The molecule has 0 bridgehead atoms. The van der Waals surface area contributed by atoms with E-state index < -0.39 is 0 Å². The molecular formula is C16H22FN3O2. The molecule has 1 aromatic carbocycles. The normalized spacial score (nSPS) is 24.8. The molecule has 2 saturated heterocycles. The minimum atomic E-state index is -0.275. The van der Waals surface area contributed by atoms with Gasteiger partial charge in [0.1, 0.15) is 5.82 Å². The van der Waals surface area contributed by atoms with Crippen LogP contribution in [0.25, 0.3) is 0 Å². The number of nitrogens with zero attached hydrogens (tertiary/aromatic N) is 1. The van der Waals surface area contributed by atoms with E-state index in [0.29, 0.717) is 19.1 Å². The van der Waals surface area contributed by atoms with Gasteiger partial charge in [0.15, 0.2) is 0 Å². The van der Waals surface area contributed by atoms with Crippen molar-refractivity contribution in [3.63, 3.8) is 0 Å². The number of rotatable bonds is 4. The number of ether oxygens (including phenoxy) is 1. The number of halogens is 1. The SMILES string of the molecule is O=C(NCc1ccc(F)cc1)NC[C@@H]1CN2CCC[C@H]2CO1. The Labute approximate surface area is 129 Å². The summed E-state index contributed by atoms with van der Waals surface area (Å²) in [6.45, 7) is 3.69. The van der Waals surface area contributed by atoms with Crippen molar-refractivity contribution in [1.29, 1.82) is 0 Å². The zero-order valence-corrected chi connectivity index (χ0v) is 12.6. The van der Waals surface area contributed by atoms with E-state index in [9.17, 15) is 9.18 Å². The third kappa shape index (κ3) is 3.96. The summed E-state index contributed by atoms with van der Waals surface area (Å²) >= 11 is 0. The largest absolute Gasteiger partial charge is 0.373 e. The van der Waals surface area contributed by atoms with Crippen molar-refractivity contribution < 1.29 is 13.9 Å². The quantitative estimate of drug-likeness (QED) is 0.886. The topological polar surface area (TPSA) is 53.6 Å². The molecule has 5 nitrogen and oxygen atoms in total. The van der Waals surface area contributed by atoms with E-state index in [-0.39, 0.29) is 18.0 Å². The Balaban J connectivity index is 1.36. The Morgan fingerprint density at radius 1 is 1.32 bits per heavy atom. The molecule has 2 amide bonds. The molecule has 0 saturated carbocycles. The summed E-state index contributed by atoms with van der Waals surface area (Å²) in [6, 6.07) is 6.44. The molecule has 0 aliphatic carbocycles. The van der Waals surface area contributed by atoms with Crippen LogP contribution < -0.4 is 10.6 Å². The summed E-state index contributed by atoms with van der Waals surface area (Å²) < 4.78 is 18.6. The first-order chi connectivity index (χ1) is 10.7. The first kappa shape index (κ1) is 15.2. The van der Waals surface area contributed by atoms with Crippen LogP contribution in [0, 0.1) is 5.82 Å². The van der Waals surface area contributed by atoms with Crippen LogP contribution in [0.1, 0.15) is 18.4 Å². The second kappa shape index (κ2) is 7.07. The van der Waals surface area contributed by atoms with Gasteiger partial charge in [-0.25, -0.2) is 9.18 Å². The maximum atomic E-state index is 12.8. The predicted molar refractivity (Wildman–Crippen MR) is 81.0 cm³/mol. The lowest BCUT2D eigenvalue weighted by atomic mass is 10.2. The number of carbonyl (C=O) groups excluding carboxylic acids is 1. The average Bonchev–Trinajstić information content (AvgIpc) is 3.00. The van der Waals surface area contributed by atoms with Crippen molar-refractivity contribution in [2.24, 2.45) is 0 Å². The highest BCUT2D eigenvalue weighted by atomic mass is 19.1. The summed E-state index contributed by atoms with van der Waals surface area (Å²) in [5, 5.41) is 5.60. The van der Waals surface area contributed by atoms with E-state index in [4.69, 9.17) is 4.74 Å². The zero-order chi connectivity index (χ0) is 15.4. The Bertz CT molecular complexity index is 509. The Kier molecular flexibility index (Phi) is 4.90. The van der Waals surface area contributed by atoms with E-state index in [1.165, 1.54) is 25.0 Å². The fourth-order valence-electron chi connectivity index (χ4n) is 3.06. The third-order valence-electron chi connectivity index (χ3n) is 4.32. The molecule has 2 heterocycles. The summed E-state index contributed by atoms with van der Waals surface area (Å²) in [5.74, 6) is -0.275. The number of hydrogen-bond acceptors (Lipinski definition) is 3. The van der Waals surface area contributed by atoms with Crippen molar-refractivity contribution in [3.05, 3.63) is 35.6 Å².